The standard InChI is InChI=1S/C13H14N2OS/c1-15-7-6-10(14-15)13(16)12-8-9-4-2-3-5-11(9)17-12/h2-7,12-13,16H,8H2,1H3. The molecule has 2 aromatic rings. The number of benzene rings is 1. The molecule has 4 heteroatoms. The van der Waals surface area contributed by atoms with E-state index in [9.17, 15) is 5.11 Å². The van der Waals surface area contributed by atoms with E-state index in [1.165, 1.54) is 10.5 Å². The molecule has 2 atom stereocenters. The van der Waals surface area contributed by atoms with Crippen molar-refractivity contribution in [3.05, 3.63) is 47.8 Å². The fourth-order valence-electron chi connectivity index (χ4n) is 2.17. The predicted molar refractivity (Wildman–Crippen MR) is 68.0 cm³/mol. The van der Waals surface area contributed by atoms with Crippen LogP contribution in [-0.2, 0) is 13.5 Å². The van der Waals surface area contributed by atoms with Gasteiger partial charge in [-0.05, 0) is 24.1 Å². The molecular formula is C13H14N2OS. The van der Waals surface area contributed by atoms with Crippen molar-refractivity contribution in [1.29, 1.82) is 0 Å². The van der Waals surface area contributed by atoms with Crippen molar-refractivity contribution in [2.75, 3.05) is 0 Å². The summed E-state index contributed by atoms with van der Waals surface area (Å²) < 4.78 is 1.73. The predicted octanol–water partition coefficient (Wildman–Crippen LogP) is 2.17. The molecule has 2 heterocycles. The topological polar surface area (TPSA) is 38.0 Å². The zero-order valence-electron chi connectivity index (χ0n) is 9.58. The Morgan fingerprint density at radius 2 is 2.24 bits per heavy atom. The summed E-state index contributed by atoms with van der Waals surface area (Å²) in [5, 5.41) is 14.8. The van der Waals surface area contributed by atoms with Crippen LogP contribution in [0.2, 0.25) is 0 Å². The quantitative estimate of drug-likeness (QED) is 0.882. The number of aliphatic hydroxyl groups is 1. The average Bonchev–Trinajstić information content (AvgIpc) is 2.93. The minimum atomic E-state index is -0.492. The van der Waals surface area contributed by atoms with Crippen LogP contribution < -0.4 is 0 Å². The molecule has 17 heavy (non-hydrogen) atoms. The first-order valence-corrected chi connectivity index (χ1v) is 6.54. The van der Waals surface area contributed by atoms with Crippen molar-refractivity contribution in [3.63, 3.8) is 0 Å². The summed E-state index contributed by atoms with van der Waals surface area (Å²) in [6.07, 6.45) is 2.29. The second kappa shape index (κ2) is 4.20. The molecule has 0 saturated heterocycles. The summed E-state index contributed by atoms with van der Waals surface area (Å²) >= 11 is 1.75. The summed E-state index contributed by atoms with van der Waals surface area (Å²) in [4.78, 5) is 1.28. The van der Waals surface area contributed by atoms with Crippen molar-refractivity contribution in [2.45, 2.75) is 22.7 Å². The number of thioether (sulfide) groups is 1. The number of aromatic nitrogens is 2. The number of fused-ring (bicyclic) bond motifs is 1. The Morgan fingerprint density at radius 1 is 1.41 bits per heavy atom. The second-order valence-corrected chi connectivity index (χ2v) is 5.61. The summed E-state index contributed by atoms with van der Waals surface area (Å²) in [7, 11) is 1.87. The van der Waals surface area contributed by atoms with Gasteiger partial charge < -0.3 is 5.11 Å². The van der Waals surface area contributed by atoms with E-state index in [4.69, 9.17) is 0 Å². The van der Waals surface area contributed by atoms with E-state index in [2.05, 4.69) is 23.3 Å². The maximum Gasteiger partial charge on any atom is 0.110 e. The highest BCUT2D eigenvalue weighted by Gasteiger charge is 2.30. The Bertz CT molecular complexity index is 513. The molecule has 1 aromatic carbocycles. The van der Waals surface area contributed by atoms with Crippen LogP contribution in [0.25, 0.3) is 0 Å². The van der Waals surface area contributed by atoms with Crippen molar-refractivity contribution < 1.29 is 5.11 Å². The summed E-state index contributed by atoms with van der Waals surface area (Å²) in [5.41, 5.74) is 2.09. The van der Waals surface area contributed by atoms with E-state index in [1.54, 1.807) is 16.4 Å². The van der Waals surface area contributed by atoms with E-state index >= 15 is 0 Å². The van der Waals surface area contributed by atoms with Crippen LogP contribution in [0, 0.1) is 0 Å². The minimum absolute atomic E-state index is 0.183. The number of hydrogen-bond acceptors (Lipinski definition) is 3. The first kappa shape index (κ1) is 10.9. The lowest BCUT2D eigenvalue weighted by Gasteiger charge is -2.14. The third-order valence-corrected chi connectivity index (χ3v) is 4.44. The van der Waals surface area contributed by atoms with Crippen molar-refractivity contribution in [1.82, 2.24) is 9.78 Å². The van der Waals surface area contributed by atoms with Crippen LogP contribution in [0.1, 0.15) is 17.4 Å². The lowest BCUT2D eigenvalue weighted by molar-refractivity contribution is 0.169. The minimum Gasteiger partial charge on any atom is -0.386 e. The van der Waals surface area contributed by atoms with Gasteiger partial charge in [0.25, 0.3) is 0 Å². The maximum atomic E-state index is 10.3. The first-order valence-electron chi connectivity index (χ1n) is 5.66. The Kier molecular flexibility index (Phi) is 2.68. The molecule has 1 aromatic heterocycles. The molecule has 0 spiro atoms. The summed E-state index contributed by atoms with van der Waals surface area (Å²) in [6.45, 7) is 0. The fourth-order valence-corrected chi connectivity index (χ4v) is 3.48. The molecule has 1 N–H and O–H groups in total. The molecule has 1 aliphatic rings. The number of rotatable bonds is 2. The van der Waals surface area contributed by atoms with E-state index in [0.717, 1.165) is 12.1 Å². The molecule has 0 amide bonds. The van der Waals surface area contributed by atoms with Crippen LogP contribution in [0.4, 0.5) is 0 Å². The van der Waals surface area contributed by atoms with Crippen LogP contribution in [0.15, 0.2) is 41.4 Å². The highest BCUT2D eigenvalue weighted by atomic mass is 32.2. The lowest BCUT2D eigenvalue weighted by atomic mass is 10.1. The van der Waals surface area contributed by atoms with Crippen LogP contribution >= 0.6 is 11.8 Å². The van der Waals surface area contributed by atoms with Crippen LogP contribution in [0.5, 0.6) is 0 Å². The molecule has 3 nitrogen and oxygen atoms in total. The Balaban J connectivity index is 1.80. The molecule has 3 rings (SSSR count). The zero-order valence-corrected chi connectivity index (χ0v) is 10.4. The van der Waals surface area contributed by atoms with E-state index in [-0.39, 0.29) is 5.25 Å². The highest BCUT2D eigenvalue weighted by molar-refractivity contribution is 8.00. The maximum absolute atomic E-state index is 10.3. The molecule has 88 valence electrons. The Labute approximate surface area is 104 Å². The van der Waals surface area contributed by atoms with Crippen LogP contribution in [0.3, 0.4) is 0 Å². The number of aliphatic hydroxyl groups excluding tert-OH is 1. The third-order valence-electron chi connectivity index (χ3n) is 3.06. The number of nitrogens with zero attached hydrogens (tertiary/aromatic N) is 2. The molecule has 0 bridgehead atoms. The van der Waals surface area contributed by atoms with Gasteiger partial charge in [0.2, 0.25) is 0 Å². The van der Waals surface area contributed by atoms with Gasteiger partial charge in [-0.1, -0.05) is 18.2 Å². The van der Waals surface area contributed by atoms with Crippen molar-refractivity contribution in [3.8, 4) is 0 Å². The van der Waals surface area contributed by atoms with E-state index in [0.29, 0.717) is 0 Å². The normalized spacial score (nSPS) is 20.2. The van der Waals surface area contributed by atoms with Gasteiger partial charge in [-0.25, -0.2) is 0 Å². The molecule has 1 aliphatic heterocycles. The molecule has 0 radical (unpaired) electrons. The molecular weight excluding hydrogens is 232 g/mol. The van der Waals surface area contributed by atoms with Gasteiger partial charge >= 0.3 is 0 Å². The summed E-state index contributed by atoms with van der Waals surface area (Å²) in [5.74, 6) is 0. The van der Waals surface area contributed by atoms with Crippen molar-refractivity contribution >= 4 is 11.8 Å². The van der Waals surface area contributed by atoms with Gasteiger partial charge in [-0.15, -0.1) is 11.8 Å². The van der Waals surface area contributed by atoms with E-state index < -0.39 is 6.10 Å². The first-order chi connectivity index (χ1) is 8.24. The molecule has 0 aliphatic carbocycles. The zero-order chi connectivity index (χ0) is 11.8. The third kappa shape index (κ3) is 1.98. The van der Waals surface area contributed by atoms with Gasteiger partial charge in [0.1, 0.15) is 6.10 Å². The van der Waals surface area contributed by atoms with Crippen LogP contribution in [-0.4, -0.2) is 20.1 Å². The van der Waals surface area contributed by atoms with Gasteiger partial charge in [-0.2, -0.15) is 5.10 Å². The van der Waals surface area contributed by atoms with Gasteiger partial charge in [0.15, 0.2) is 0 Å². The van der Waals surface area contributed by atoms with Gasteiger partial charge in [0.05, 0.1) is 5.69 Å². The Hall–Kier alpha value is -1.26. The summed E-state index contributed by atoms with van der Waals surface area (Å²) in [6, 6.07) is 10.2. The number of hydrogen-bond donors (Lipinski definition) is 1. The second-order valence-electron chi connectivity index (χ2n) is 4.33. The highest BCUT2D eigenvalue weighted by Crippen LogP contribution is 2.42. The largest absolute Gasteiger partial charge is 0.386 e. The number of aryl methyl sites for hydroxylation is 1. The Morgan fingerprint density at radius 3 is 2.94 bits per heavy atom. The molecule has 0 fully saturated rings. The smallest absolute Gasteiger partial charge is 0.110 e. The van der Waals surface area contributed by atoms with Gasteiger partial charge in [0, 0.05) is 23.4 Å². The molecule has 0 saturated carbocycles. The lowest BCUT2D eigenvalue weighted by Crippen LogP contribution is -2.15. The monoisotopic (exact) mass is 246 g/mol. The fraction of sp³-hybridized carbons (Fsp3) is 0.308. The van der Waals surface area contributed by atoms with E-state index in [1.807, 2.05) is 25.4 Å². The molecule has 2 unspecified atom stereocenters. The van der Waals surface area contributed by atoms with Crippen molar-refractivity contribution in [2.24, 2.45) is 7.05 Å². The SMILES string of the molecule is Cn1ccc(C(O)C2Cc3ccccc3S2)n1. The average molecular weight is 246 g/mol. The van der Waals surface area contributed by atoms with Gasteiger partial charge in [-0.3, -0.25) is 4.68 Å².